The number of rotatable bonds is 4. The highest BCUT2D eigenvalue weighted by Gasteiger charge is 2.15. The largest absolute Gasteiger partial charge is 0.481 e. The van der Waals surface area contributed by atoms with E-state index in [2.05, 4.69) is 9.97 Å². The SMILES string of the molecule is COc1ccc(-c2csc(C(O)c3cccc(Cl)c3)n2)cn1. The van der Waals surface area contributed by atoms with E-state index in [9.17, 15) is 5.11 Å². The molecular weight excluding hydrogens is 320 g/mol. The quantitative estimate of drug-likeness (QED) is 0.786. The summed E-state index contributed by atoms with van der Waals surface area (Å²) in [4.78, 5) is 8.65. The first-order valence-corrected chi connectivity index (χ1v) is 7.82. The molecule has 0 aliphatic heterocycles. The average molecular weight is 333 g/mol. The number of ether oxygens (including phenoxy) is 1. The van der Waals surface area contributed by atoms with Gasteiger partial charge in [-0.3, -0.25) is 0 Å². The van der Waals surface area contributed by atoms with E-state index in [0.717, 1.165) is 16.8 Å². The molecular formula is C16H13ClN2O2S. The van der Waals surface area contributed by atoms with E-state index in [-0.39, 0.29) is 0 Å². The summed E-state index contributed by atoms with van der Waals surface area (Å²) in [6, 6.07) is 10.8. The molecule has 0 amide bonds. The molecule has 0 aliphatic carbocycles. The van der Waals surface area contributed by atoms with Gasteiger partial charge in [0, 0.05) is 28.2 Å². The smallest absolute Gasteiger partial charge is 0.212 e. The van der Waals surface area contributed by atoms with Gasteiger partial charge in [0.05, 0.1) is 12.8 Å². The van der Waals surface area contributed by atoms with Crippen LogP contribution < -0.4 is 4.74 Å². The Hall–Kier alpha value is -1.95. The Balaban J connectivity index is 1.86. The van der Waals surface area contributed by atoms with Gasteiger partial charge in [0.1, 0.15) is 11.1 Å². The molecule has 0 aliphatic rings. The first kappa shape index (κ1) is 15.0. The third kappa shape index (κ3) is 3.11. The Bertz CT molecular complexity index is 774. The van der Waals surface area contributed by atoms with Crippen LogP contribution in [0.1, 0.15) is 16.7 Å². The van der Waals surface area contributed by atoms with E-state index >= 15 is 0 Å². The van der Waals surface area contributed by atoms with Crippen LogP contribution in [0.25, 0.3) is 11.3 Å². The lowest BCUT2D eigenvalue weighted by Crippen LogP contribution is -1.98. The van der Waals surface area contributed by atoms with E-state index in [1.165, 1.54) is 11.3 Å². The predicted molar refractivity (Wildman–Crippen MR) is 87.4 cm³/mol. The molecule has 3 rings (SSSR count). The van der Waals surface area contributed by atoms with Gasteiger partial charge in [-0.2, -0.15) is 0 Å². The number of hydrogen-bond acceptors (Lipinski definition) is 5. The molecule has 2 heterocycles. The van der Waals surface area contributed by atoms with Gasteiger partial charge < -0.3 is 9.84 Å². The third-order valence-corrected chi connectivity index (χ3v) is 4.29. The molecule has 1 unspecified atom stereocenters. The summed E-state index contributed by atoms with van der Waals surface area (Å²) in [5, 5.41) is 13.5. The number of methoxy groups -OCH3 is 1. The van der Waals surface area contributed by atoms with Crippen LogP contribution in [-0.4, -0.2) is 22.2 Å². The summed E-state index contributed by atoms with van der Waals surface area (Å²) in [5.41, 5.74) is 2.37. The monoisotopic (exact) mass is 332 g/mol. The van der Waals surface area contributed by atoms with Crippen LogP contribution in [0.3, 0.4) is 0 Å². The summed E-state index contributed by atoms with van der Waals surface area (Å²) < 4.78 is 5.04. The van der Waals surface area contributed by atoms with E-state index in [1.54, 1.807) is 31.5 Å². The first-order chi connectivity index (χ1) is 10.7. The molecule has 0 fully saturated rings. The molecule has 0 bridgehead atoms. The molecule has 1 aromatic carbocycles. The van der Waals surface area contributed by atoms with Crippen molar-refractivity contribution < 1.29 is 9.84 Å². The second-order valence-corrected chi connectivity index (χ2v) is 5.94. The zero-order valence-corrected chi connectivity index (χ0v) is 13.3. The van der Waals surface area contributed by atoms with Crippen molar-refractivity contribution in [3.63, 3.8) is 0 Å². The molecule has 22 heavy (non-hydrogen) atoms. The van der Waals surface area contributed by atoms with Gasteiger partial charge in [-0.1, -0.05) is 23.7 Å². The van der Waals surface area contributed by atoms with Gasteiger partial charge in [0.15, 0.2) is 0 Å². The average Bonchev–Trinajstić information content (AvgIpc) is 3.04. The molecule has 0 saturated carbocycles. The van der Waals surface area contributed by atoms with Gasteiger partial charge >= 0.3 is 0 Å². The van der Waals surface area contributed by atoms with Crippen molar-refractivity contribution >= 4 is 22.9 Å². The minimum absolute atomic E-state index is 0.554. The van der Waals surface area contributed by atoms with Gasteiger partial charge in [-0.15, -0.1) is 11.3 Å². The Morgan fingerprint density at radius 1 is 1.27 bits per heavy atom. The van der Waals surface area contributed by atoms with Crippen LogP contribution in [0, 0.1) is 0 Å². The van der Waals surface area contributed by atoms with Crippen molar-refractivity contribution in [2.45, 2.75) is 6.10 Å². The lowest BCUT2D eigenvalue weighted by Gasteiger charge is -2.07. The minimum Gasteiger partial charge on any atom is -0.481 e. The molecule has 1 N–H and O–H groups in total. The number of aliphatic hydroxyl groups excluding tert-OH is 1. The number of nitrogens with zero attached hydrogens (tertiary/aromatic N) is 2. The summed E-state index contributed by atoms with van der Waals surface area (Å²) >= 11 is 7.36. The molecule has 0 saturated heterocycles. The minimum atomic E-state index is -0.788. The lowest BCUT2D eigenvalue weighted by atomic mass is 10.1. The number of aliphatic hydroxyl groups is 1. The maximum atomic E-state index is 10.4. The van der Waals surface area contributed by atoms with Crippen molar-refractivity contribution in [3.8, 4) is 17.1 Å². The van der Waals surface area contributed by atoms with Crippen LogP contribution in [-0.2, 0) is 0 Å². The van der Waals surface area contributed by atoms with Crippen molar-refractivity contribution in [2.75, 3.05) is 7.11 Å². The molecule has 0 radical (unpaired) electrons. The molecule has 4 nitrogen and oxygen atoms in total. The number of halogens is 1. The molecule has 2 aromatic heterocycles. The zero-order chi connectivity index (χ0) is 15.5. The predicted octanol–water partition coefficient (Wildman–Crippen LogP) is 3.95. The van der Waals surface area contributed by atoms with Crippen LogP contribution in [0.4, 0.5) is 0 Å². The number of benzene rings is 1. The third-order valence-electron chi connectivity index (χ3n) is 3.16. The van der Waals surface area contributed by atoms with E-state index in [1.807, 2.05) is 23.6 Å². The Kier molecular flexibility index (Phi) is 4.38. The highest BCUT2D eigenvalue weighted by atomic mass is 35.5. The molecule has 0 spiro atoms. The van der Waals surface area contributed by atoms with Crippen LogP contribution >= 0.6 is 22.9 Å². The normalized spacial score (nSPS) is 12.1. The summed E-state index contributed by atoms with van der Waals surface area (Å²) in [7, 11) is 1.57. The van der Waals surface area contributed by atoms with E-state index < -0.39 is 6.10 Å². The van der Waals surface area contributed by atoms with Crippen molar-refractivity contribution in [3.05, 3.63) is 63.6 Å². The second kappa shape index (κ2) is 6.44. The zero-order valence-electron chi connectivity index (χ0n) is 11.7. The molecule has 112 valence electrons. The number of pyridine rings is 1. The van der Waals surface area contributed by atoms with E-state index in [4.69, 9.17) is 16.3 Å². The van der Waals surface area contributed by atoms with Crippen LogP contribution in [0.5, 0.6) is 5.88 Å². The Morgan fingerprint density at radius 3 is 2.82 bits per heavy atom. The summed E-state index contributed by atoms with van der Waals surface area (Å²) in [6.07, 6.45) is 0.910. The topological polar surface area (TPSA) is 55.2 Å². The van der Waals surface area contributed by atoms with E-state index in [0.29, 0.717) is 15.9 Å². The highest BCUT2D eigenvalue weighted by Crippen LogP contribution is 2.30. The first-order valence-electron chi connectivity index (χ1n) is 6.57. The van der Waals surface area contributed by atoms with Crippen LogP contribution in [0.2, 0.25) is 5.02 Å². The van der Waals surface area contributed by atoms with Crippen molar-refractivity contribution in [1.29, 1.82) is 0 Å². The molecule has 3 aromatic rings. The lowest BCUT2D eigenvalue weighted by molar-refractivity contribution is 0.220. The van der Waals surface area contributed by atoms with Gasteiger partial charge in [0.2, 0.25) is 5.88 Å². The number of thiazole rings is 1. The van der Waals surface area contributed by atoms with Crippen molar-refractivity contribution in [1.82, 2.24) is 9.97 Å². The fraction of sp³-hybridized carbons (Fsp3) is 0.125. The highest BCUT2D eigenvalue weighted by molar-refractivity contribution is 7.10. The Morgan fingerprint density at radius 2 is 2.14 bits per heavy atom. The molecule has 6 heteroatoms. The van der Waals surface area contributed by atoms with Gasteiger partial charge in [0.25, 0.3) is 0 Å². The fourth-order valence-corrected chi connectivity index (χ4v) is 3.05. The standard InChI is InChI=1S/C16H13ClN2O2S/c1-21-14-6-5-11(8-18-14)13-9-22-16(19-13)15(20)10-3-2-4-12(17)7-10/h2-9,15,20H,1H3. The maximum Gasteiger partial charge on any atom is 0.212 e. The summed E-state index contributed by atoms with van der Waals surface area (Å²) in [5.74, 6) is 0.554. The maximum absolute atomic E-state index is 10.4. The van der Waals surface area contributed by atoms with Crippen LogP contribution in [0.15, 0.2) is 48.0 Å². The molecule has 1 atom stereocenters. The summed E-state index contributed by atoms with van der Waals surface area (Å²) in [6.45, 7) is 0. The number of hydrogen-bond donors (Lipinski definition) is 1. The van der Waals surface area contributed by atoms with Crippen molar-refractivity contribution in [2.24, 2.45) is 0 Å². The Labute approximate surface area is 137 Å². The fourth-order valence-electron chi connectivity index (χ4n) is 2.02. The number of aromatic nitrogens is 2. The van der Waals surface area contributed by atoms with Gasteiger partial charge in [-0.05, 0) is 23.8 Å². The second-order valence-electron chi connectivity index (χ2n) is 4.62. The van der Waals surface area contributed by atoms with Gasteiger partial charge in [-0.25, -0.2) is 9.97 Å².